The fraction of sp³-hybridized carbons (Fsp3) is 0.286. The molecule has 0 radical (unpaired) electrons. The van der Waals surface area contributed by atoms with Gasteiger partial charge in [-0.1, -0.05) is 15.9 Å². The van der Waals surface area contributed by atoms with E-state index in [0.717, 1.165) is 0 Å². The topological polar surface area (TPSA) is 72.8 Å². The van der Waals surface area contributed by atoms with Crippen LogP contribution in [0.25, 0.3) is 6.08 Å². The second kappa shape index (κ2) is 7.69. The number of aromatic hydroxyl groups is 1. The Labute approximate surface area is 125 Å². The Morgan fingerprint density at radius 2 is 2.10 bits per heavy atom. The van der Waals surface area contributed by atoms with Crippen molar-refractivity contribution in [3.05, 3.63) is 29.3 Å². The van der Waals surface area contributed by atoms with Gasteiger partial charge in [0.15, 0.2) is 5.78 Å². The maximum Gasteiger partial charge on any atom is 0.330 e. The second-order valence-electron chi connectivity index (χ2n) is 3.75. The van der Waals surface area contributed by atoms with Gasteiger partial charge in [-0.25, -0.2) is 4.79 Å². The molecule has 0 fully saturated rings. The lowest BCUT2D eigenvalue weighted by Gasteiger charge is -2.09. The highest BCUT2D eigenvalue weighted by Gasteiger charge is 2.14. The van der Waals surface area contributed by atoms with Crippen molar-refractivity contribution in [3.8, 4) is 11.5 Å². The van der Waals surface area contributed by atoms with Crippen LogP contribution in [0.15, 0.2) is 18.2 Å². The molecule has 0 saturated carbocycles. The Morgan fingerprint density at radius 3 is 2.65 bits per heavy atom. The number of benzene rings is 1. The summed E-state index contributed by atoms with van der Waals surface area (Å²) in [5.41, 5.74) is 0.661. The van der Waals surface area contributed by atoms with Gasteiger partial charge >= 0.3 is 5.97 Å². The quantitative estimate of drug-likeness (QED) is 0.372. The van der Waals surface area contributed by atoms with E-state index >= 15 is 0 Å². The van der Waals surface area contributed by atoms with Gasteiger partial charge in [0.25, 0.3) is 0 Å². The first-order valence-electron chi connectivity index (χ1n) is 5.88. The van der Waals surface area contributed by atoms with Crippen LogP contribution in [0.3, 0.4) is 0 Å². The largest absolute Gasteiger partial charge is 0.507 e. The fourth-order valence-electron chi connectivity index (χ4n) is 1.54. The van der Waals surface area contributed by atoms with Gasteiger partial charge < -0.3 is 14.6 Å². The normalized spacial score (nSPS) is 10.6. The van der Waals surface area contributed by atoms with Gasteiger partial charge in [-0.15, -0.1) is 0 Å². The van der Waals surface area contributed by atoms with E-state index in [1.807, 2.05) is 0 Å². The Balaban J connectivity index is 3.16. The standard InChI is InChI=1S/C14H15BrO5/c1-3-20-14(18)5-4-9-6-10(12(17)8-15)11(16)7-13(9)19-2/h4-7,16H,3,8H2,1-2H3/b5-4+. The lowest BCUT2D eigenvalue weighted by molar-refractivity contribution is -0.137. The van der Waals surface area contributed by atoms with Gasteiger partial charge in [0.2, 0.25) is 0 Å². The Kier molecular flexibility index (Phi) is 6.24. The molecule has 0 aliphatic rings. The Hall–Kier alpha value is -1.82. The zero-order chi connectivity index (χ0) is 15.1. The number of Topliss-reactive ketones (excluding diaryl/α,β-unsaturated/α-hetero) is 1. The third-order valence-electron chi connectivity index (χ3n) is 2.46. The molecule has 5 nitrogen and oxygen atoms in total. The van der Waals surface area contributed by atoms with Gasteiger partial charge in [0.05, 0.1) is 24.6 Å². The first kappa shape index (κ1) is 16.2. The van der Waals surface area contributed by atoms with E-state index in [9.17, 15) is 14.7 Å². The summed E-state index contributed by atoms with van der Waals surface area (Å²) in [6.07, 6.45) is 2.71. The van der Waals surface area contributed by atoms with Crippen LogP contribution in [0, 0.1) is 0 Å². The Bertz CT molecular complexity index is 537. The second-order valence-corrected chi connectivity index (χ2v) is 4.31. The van der Waals surface area contributed by atoms with E-state index in [4.69, 9.17) is 9.47 Å². The molecule has 20 heavy (non-hydrogen) atoms. The van der Waals surface area contributed by atoms with Crippen molar-refractivity contribution in [2.45, 2.75) is 6.92 Å². The van der Waals surface area contributed by atoms with E-state index in [-0.39, 0.29) is 29.0 Å². The van der Waals surface area contributed by atoms with Crippen LogP contribution < -0.4 is 4.74 Å². The van der Waals surface area contributed by atoms with Gasteiger partial charge in [-0.2, -0.15) is 0 Å². The number of methoxy groups -OCH3 is 1. The molecule has 0 aliphatic carbocycles. The van der Waals surface area contributed by atoms with Crippen LogP contribution in [0.1, 0.15) is 22.8 Å². The van der Waals surface area contributed by atoms with Crippen LogP contribution in [0.4, 0.5) is 0 Å². The monoisotopic (exact) mass is 342 g/mol. The SMILES string of the molecule is CCOC(=O)/C=C/c1cc(C(=O)CBr)c(O)cc1OC. The molecule has 0 aliphatic heterocycles. The first-order valence-corrected chi connectivity index (χ1v) is 7.00. The number of esters is 1. The highest BCUT2D eigenvalue weighted by atomic mass is 79.9. The predicted molar refractivity (Wildman–Crippen MR) is 78.5 cm³/mol. The average molecular weight is 343 g/mol. The third-order valence-corrected chi connectivity index (χ3v) is 2.96. The molecule has 6 heteroatoms. The number of hydrogen-bond donors (Lipinski definition) is 1. The van der Waals surface area contributed by atoms with E-state index in [1.54, 1.807) is 6.92 Å². The number of rotatable bonds is 6. The van der Waals surface area contributed by atoms with Crippen molar-refractivity contribution in [2.24, 2.45) is 0 Å². The van der Waals surface area contributed by atoms with Crippen LogP contribution in [-0.2, 0) is 9.53 Å². The molecule has 0 saturated heterocycles. The summed E-state index contributed by atoms with van der Waals surface area (Å²) in [6, 6.07) is 2.80. The molecular weight excluding hydrogens is 328 g/mol. The molecule has 108 valence electrons. The van der Waals surface area contributed by atoms with Crippen LogP contribution in [0.2, 0.25) is 0 Å². The molecule has 0 spiro atoms. The lowest BCUT2D eigenvalue weighted by Crippen LogP contribution is -2.02. The summed E-state index contributed by atoms with van der Waals surface area (Å²) in [4.78, 5) is 22.9. The number of halogens is 1. The molecule has 1 aromatic carbocycles. The molecule has 0 bridgehead atoms. The molecule has 1 N–H and O–H groups in total. The summed E-state index contributed by atoms with van der Waals surface area (Å²) in [7, 11) is 1.43. The zero-order valence-electron chi connectivity index (χ0n) is 11.2. The average Bonchev–Trinajstić information content (AvgIpc) is 2.45. The maximum atomic E-state index is 11.7. The molecule has 0 aromatic heterocycles. The summed E-state index contributed by atoms with van der Waals surface area (Å²) in [5, 5.41) is 9.86. The molecule has 0 unspecified atom stereocenters. The van der Waals surface area contributed by atoms with Crippen molar-refractivity contribution in [3.63, 3.8) is 0 Å². The smallest absolute Gasteiger partial charge is 0.330 e. The maximum absolute atomic E-state index is 11.7. The van der Waals surface area contributed by atoms with Gasteiger partial charge in [-0.3, -0.25) is 4.79 Å². The van der Waals surface area contributed by atoms with Gasteiger partial charge in [-0.05, 0) is 19.1 Å². The summed E-state index contributed by atoms with van der Waals surface area (Å²) in [6.45, 7) is 1.99. The Morgan fingerprint density at radius 1 is 1.40 bits per heavy atom. The number of ether oxygens (including phenoxy) is 2. The number of ketones is 1. The minimum atomic E-state index is -0.490. The number of carbonyl (C=O) groups is 2. The minimum absolute atomic E-state index is 0.0912. The van der Waals surface area contributed by atoms with Crippen LogP contribution >= 0.6 is 15.9 Å². The first-order chi connectivity index (χ1) is 9.53. The molecule has 0 atom stereocenters. The van der Waals surface area contributed by atoms with E-state index in [2.05, 4.69) is 15.9 Å². The van der Waals surface area contributed by atoms with Crippen LogP contribution in [-0.4, -0.2) is 35.9 Å². The molecule has 1 rings (SSSR count). The van der Waals surface area contributed by atoms with Crippen molar-refractivity contribution >= 4 is 33.8 Å². The van der Waals surface area contributed by atoms with Crippen molar-refractivity contribution in [1.82, 2.24) is 0 Å². The predicted octanol–water partition coefficient (Wildman–Crippen LogP) is 2.55. The van der Waals surface area contributed by atoms with Crippen molar-refractivity contribution in [1.29, 1.82) is 0 Å². The van der Waals surface area contributed by atoms with E-state index < -0.39 is 5.97 Å². The summed E-state index contributed by atoms with van der Waals surface area (Å²) >= 11 is 3.04. The fourth-order valence-corrected chi connectivity index (χ4v) is 1.84. The zero-order valence-corrected chi connectivity index (χ0v) is 12.8. The highest BCUT2D eigenvalue weighted by molar-refractivity contribution is 9.09. The molecule has 0 heterocycles. The van der Waals surface area contributed by atoms with E-state index in [0.29, 0.717) is 11.3 Å². The molecule has 1 aromatic rings. The summed E-state index contributed by atoms with van der Waals surface area (Å²) in [5.74, 6) is -0.569. The van der Waals surface area contributed by atoms with Crippen molar-refractivity contribution < 1.29 is 24.2 Å². The number of carbonyl (C=O) groups excluding carboxylic acids is 2. The number of alkyl halides is 1. The van der Waals surface area contributed by atoms with E-state index in [1.165, 1.54) is 31.4 Å². The van der Waals surface area contributed by atoms with Gasteiger partial charge in [0.1, 0.15) is 11.5 Å². The van der Waals surface area contributed by atoms with Crippen molar-refractivity contribution in [2.75, 3.05) is 19.0 Å². The minimum Gasteiger partial charge on any atom is -0.507 e. The number of hydrogen-bond acceptors (Lipinski definition) is 5. The number of phenolic OH excluding ortho intramolecular Hbond substituents is 1. The van der Waals surface area contributed by atoms with Crippen LogP contribution in [0.5, 0.6) is 11.5 Å². The molecule has 0 amide bonds. The molecular formula is C14H15BrO5. The summed E-state index contributed by atoms with van der Waals surface area (Å²) < 4.78 is 9.87. The lowest BCUT2D eigenvalue weighted by atomic mass is 10.0. The highest BCUT2D eigenvalue weighted by Crippen LogP contribution is 2.29. The third kappa shape index (κ3) is 4.09. The van der Waals surface area contributed by atoms with Gasteiger partial charge in [0, 0.05) is 17.7 Å². The number of phenols is 1.